The first kappa shape index (κ1) is 13.9. The molecule has 1 rings (SSSR count). The second-order valence-electron chi connectivity index (χ2n) is 3.45. The lowest BCUT2D eigenvalue weighted by Gasteiger charge is -2.08. The van der Waals surface area contributed by atoms with Crippen molar-refractivity contribution in [3.05, 3.63) is 27.0 Å². The van der Waals surface area contributed by atoms with Gasteiger partial charge in [-0.15, -0.1) is 0 Å². The van der Waals surface area contributed by atoms with Gasteiger partial charge in [-0.3, -0.25) is 15.1 Å². The highest BCUT2D eigenvalue weighted by atomic mass is 79.9. The van der Waals surface area contributed by atoms with Crippen LogP contribution in [0.3, 0.4) is 0 Å². The fraction of sp³-hybridized carbons (Fsp3) is 0.500. The first-order valence-electron chi connectivity index (χ1n) is 5.39. The van der Waals surface area contributed by atoms with Gasteiger partial charge in [0.15, 0.2) is 0 Å². The summed E-state index contributed by atoms with van der Waals surface area (Å²) in [6.45, 7) is 4.43. The quantitative estimate of drug-likeness (QED) is 0.458. The van der Waals surface area contributed by atoms with Gasteiger partial charge in [-0.2, -0.15) is 0 Å². The van der Waals surface area contributed by atoms with Crippen molar-refractivity contribution in [3.63, 3.8) is 0 Å². The molecule has 0 unspecified atom stereocenters. The summed E-state index contributed by atoms with van der Waals surface area (Å²) in [6.07, 6.45) is 3.85. The first-order valence-corrected chi connectivity index (χ1v) is 6.18. The summed E-state index contributed by atoms with van der Waals surface area (Å²) in [5.41, 5.74) is 0.457. The van der Waals surface area contributed by atoms with Gasteiger partial charge >= 0.3 is 5.69 Å². The number of anilines is 1. The third-order valence-corrected chi connectivity index (χ3v) is 2.71. The van der Waals surface area contributed by atoms with Crippen LogP contribution in [0.1, 0.15) is 13.3 Å². The number of nitrogens with one attached hydrogen (secondary N) is 2. The Bertz CT molecular complexity index is 387. The summed E-state index contributed by atoms with van der Waals surface area (Å²) < 4.78 is 0.599. The van der Waals surface area contributed by atoms with Crippen molar-refractivity contribution in [2.24, 2.45) is 0 Å². The maximum atomic E-state index is 10.8. The van der Waals surface area contributed by atoms with Crippen molar-refractivity contribution in [2.75, 3.05) is 25.0 Å². The van der Waals surface area contributed by atoms with Crippen molar-refractivity contribution in [1.29, 1.82) is 0 Å². The monoisotopic (exact) mass is 302 g/mol. The van der Waals surface area contributed by atoms with Crippen molar-refractivity contribution < 1.29 is 4.92 Å². The van der Waals surface area contributed by atoms with Gasteiger partial charge in [0.1, 0.15) is 11.9 Å². The van der Waals surface area contributed by atoms with Crippen LogP contribution in [-0.2, 0) is 0 Å². The van der Waals surface area contributed by atoms with E-state index in [1.54, 1.807) is 0 Å². The maximum absolute atomic E-state index is 10.8. The minimum Gasteiger partial charge on any atom is -0.377 e. The zero-order valence-electron chi connectivity index (χ0n) is 9.57. The number of pyridine rings is 1. The molecule has 0 fully saturated rings. The zero-order chi connectivity index (χ0) is 12.7. The van der Waals surface area contributed by atoms with Crippen LogP contribution in [0, 0.1) is 10.1 Å². The molecule has 1 heterocycles. The van der Waals surface area contributed by atoms with Crippen LogP contribution in [0.25, 0.3) is 0 Å². The average molecular weight is 303 g/mol. The molecule has 0 aliphatic heterocycles. The molecule has 0 saturated heterocycles. The van der Waals surface area contributed by atoms with Gasteiger partial charge < -0.3 is 10.6 Å². The van der Waals surface area contributed by atoms with Gasteiger partial charge in [0.25, 0.3) is 0 Å². The molecular weight excluding hydrogens is 288 g/mol. The lowest BCUT2D eigenvalue weighted by molar-refractivity contribution is -0.384. The molecule has 6 nitrogen and oxygen atoms in total. The number of nitro groups is 1. The molecule has 0 atom stereocenters. The summed E-state index contributed by atoms with van der Waals surface area (Å²) in [5, 5.41) is 17.0. The fourth-order valence-corrected chi connectivity index (χ4v) is 1.78. The molecular formula is C10H15BrN4O2. The molecule has 1 aromatic heterocycles. The number of aromatic nitrogens is 1. The van der Waals surface area contributed by atoms with E-state index in [1.807, 2.05) is 0 Å². The third kappa shape index (κ3) is 4.27. The summed E-state index contributed by atoms with van der Waals surface area (Å²) in [4.78, 5) is 14.1. The molecule has 0 amide bonds. The molecule has 0 aliphatic carbocycles. The number of hydrogen-bond acceptors (Lipinski definition) is 5. The topological polar surface area (TPSA) is 80.1 Å². The van der Waals surface area contributed by atoms with E-state index < -0.39 is 4.92 Å². The Morgan fingerprint density at radius 1 is 1.41 bits per heavy atom. The molecule has 0 bridgehead atoms. The molecule has 7 heteroatoms. The standard InChI is InChI=1S/C10H15BrN4O2/c1-2-3-12-4-5-14-10-8(11)6-13-7-9(10)15(16)17/h6-7,12H,2-5H2,1H3,(H,13,14). The zero-order valence-corrected chi connectivity index (χ0v) is 11.2. The smallest absolute Gasteiger partial charge is 0.311 e. The van der Waals surface area contributed by atoms with Crippen molar-refractivity contribution in [1.82, 2.24) is 10.3 Å². The van der Waals surface area contributed by atoms with E-state index in [2.05, 4.69) is 38.5 Å². The predicted octanol–water partition coefficient (Wildman–Crippen LogP) is 2.16. The molecule has 94 valence electrons. The maximum Gasteiger partial charge on any atom is 0.311 e. The normalized spacial score (nSPS) is 10.2. The number of hydrogen-bond donors (Lipinski definition) is 2. The summed E-state index contributed by atoms with van der Waals surface area (Å²) in [7, 11) is 0. The molecule has 0 spiro atoms. The molecule has 0 aliphatic rings. The van der Waals surface area contributed by atoms with Crippen LogP contribution in [0.15, 0.2) is 16.9 Å². The van der Waals surface area contributed by atoms with Crippen molar-refractivity contribution >= 4 is 27.3 Å². The average Bonchev–Trinajstić information content (AvgIpc) is 2.30. The van der Waals surface area contributed by atoms with Crippen LogP contribution in [-0.4, -0.2) is 29.5 Å². The van der Waals surface area contributed by atoms with Crippen molar-refractivity contribution in [3.8, 4) is 0 Å². The number of halogens is 1. The number of rotatable bonds is 7. The predicted molar refractivity (Wildman–Crippen MR) is 70.2 cm³/mol. The van der Waals surface area contributed by atoms with E-state index in [9.17, 15) is 10.1 Å². The fourth-order valence-electron chi connectivity index (χ4n) is 1.32. The highest BCUT2D eigenvalue weighted by Crippen LogP contribution is 2.30. The summed E-state index contributed by atoms with van der Waals surface area (Å²) in [5.74, 6) is 0. The van der Waals surface area contributed by atoms with Crippen LogP contribution in [0.4, 0.5) is 11.4 Å². The molecule has 1 aromatic rings. The second-order valence-corrected chi connectivity index (χ2v) is 4.30. The SMILES string of the molecule is CCCNCCNc1c(Br)cncc1[N+](=O)[O-]. The number of nitrogens with zero attached hydrogens (tertiary/aromatic N) is 2. The second kappa shape index (κ2) is 7.18. The Hall–Kier alpha value is -1.21. The Morgan fingerprint density at radius 2 is 2.18 bits per heavy atom. The van der Waals surface area contributed by atoms with E-state index in [1.165, 1.54) is 12.4 Å². The Labute approximate surface area is 108 Å². The van der Waals surface area contributed by atoms with E-state index in [4.69, 9.17) is 0 Å². The largest absolute Gasteiger partial charge is 0.377 e. The van der Waals surface area contributed by atoms with Gasteiger partial charge in [-0.25, -0.2) is 0 Å². The van der Waals surface area contributed by atoms with Gasteiger partial charge in [-0.1, -0.05) is 6.92 Å². The highest BCUT2D eigenvalue weighted by Gasteiger charge is 2.16. The van der Waals surface area contributed by atoms with E-state index >= 15 is 0 Å². The summed E-state index contributed by atoms with van der Waals surface area (Å²) >= 11 is 3.25. The van der Waals surface area contributed by atoms with Gasteiger partial charge in [0.2, 0.25) is 0 Å². The van der Waals surface area contributed by atoms with Gasteiger partial charge in [-0.05, 0) is 28.9 Å². The van der Waals surface area contributed by atoms with E-state index in [-0.39, 0.29) is 5.69 Å². The lowest BCUT2D eigenvalue weighted by atomic mass is 10.3. The Balaban J connectivity index is 2.60. The molecule has 17 heavy (non-hydrogen) atoms. The summed E-state index contributed by atoms with van der Waals surface area (Å²) in [6, 6.07) is 0. The Morgan fingerprint density at radius 3 is 2.82 bits per heavy atom. The van der Waals surface area contributed by atoms with Crippen molar-refractivity contribution in [2.45, 2.75) is 13.3 Å². The van der Waals surface area contributed by atoms with Crippen LogP contribution < -0.4 is 10.6 Å². The molecule has 0 saturated carbocycles. The molecule has 0 radical (unpaired) electrons. The van der Waals surface area contributed by atoms with Crippen LogP contribution >= 0.6 is 15.9 Å². The molecule has 2 N–H and O–H groups in total. The van der Waals surface area contributed by atoms with Crippen LogP contribution in [0.2, 0.25) is 0 Å². The van der Waals surface area contributed by atoms with E-state index in [0.717, 1.165) is 19.5 Å². The first-order chi connectivity index (χ1) is 8.16. The Kier molecular flexibility index (Phi) is 5.85. The minimum absolute atomic E-state index is 0.0186. The van der Waals surface area contributed by atoms with Gasteiger partial charge in [0.05, 0.1) is 9.40 Å². The lowest BCUT2D eigenvalue weighted by Crippen LogP contribution is -2.23. The minimum atomic E-state index is -0.445. The van der Waals surface area contributed by atoms with Gasteiger partial charge in [0, 0.05) is 19.3 Å². The van der Waals surface area contributed by atoms with E-state index in [0.29, 0.717) is 16.7 Å². The molecule has 0 aromatic carbocycles. The van der Waals surface area contributed by atoms with Crippen LogP contribution in [0.5, 0.6) is 0 Å². The highest BCUT2D eigenvalue weighted by molar-refractivity contribution is 9.10. The third-order valence-electron chi connectivity index (χ3n) is 2.11.